The molecule has 1 aliphatic heterocycles. The van der Waals surface area contributed by atoms with Gasteiger partial charge in [-0.25, -0.2) is 10.0 Å². The molecule has 0 aromatic carbocycles. The van der Waals surface area contributed by atoms with Crippen LogP contribution in [0.2, 0.25) is 0 Å². The number of carbonyl (C=O) groups excluding carboxylic acids is 1. The molecule has 0 bridgehead atoms. The molecular weight excluding hydrogens is 256 g/mol. The number of rotatable bonds is 5. The van der Waals surface area contributed by atoms with E-state index in [9.17, 15) is 4.79 Å². The van der Waals surface area contributed by atoms with Crippen molar-refractivity contribution in [2.75, 3.05) is 18.9 Å². The van der Waals surface area contributed by atoms with Crippen molar-refractivity contribution in [1.82, 2.24) is 10.0 Å². The molecule has 1 amide bonds. The van der Waals surface area contributed by atoms with E-state index >= 15 is 0 Å². The van der Waals surface area contributed by atoms with E-state index in [4.69, 9.17) is 4.84 Å². The molecule has 0 spiro atoms. The number of aromatic nitrogens is 1. The molecule has 1 saturated heterocycles. The first-order valence-corrected chi connectivity index (χ1v) is 7.71. The van der Waals surface area contributed by atoms with Crippen molar-refractivity contribution in [3.8, 4) is 0 Å². The fourth-order valence-electron chi connectivity index (χ4n) is 1.58. The number of hydroxylamine groups is 2. The maximum absolute atomic E-state index is 11.6. The third-order valence-corrected chi connectivity index (χ3v) is 4.22. The Balaban J connectivity index is 1.61. The number of nitrogens with zero attached hydrogens (tertiary/aromatic N) is 2. The molecule has 0 N–H and O–H groups in total. The molecule has 2 rings (SSSR count). The Morgan fingerprint density at radius 3 is 3.24 bits per heavy atom. The molecule has 0 saturated carbocycles. The lowest BCUT2D eigenvalue weighted by atomic mass is 10.4. The molecule has 0 unspecified atom stereocenters. The molecule has 0 aliphatic carbocycles. The van der Waals surface area contributed by atoms with Gasteiger partial charge in [0.1, 0.15) is 0 Å². The second-order valence-electron chi connectivity index (χ2n) is 3.84. The van der Waals surface area contributed by atoms with E-state index < -0.39 is 0 Å². The van der Waals surface area contributed by atoms with Gasteiger partial charge < -0.3 is 0 Å². The second-order valence-corrected chi connectivity index (χ2v) is 6.01. The van der Waals surface area contributed by atoms with E-state index in [1.165, 1.54) is 5.06 Å². The molecule has 6 heteroatoms. The summed E-state index contributed by atoms with van der Waals surface area (Å²) >= 11 is 3.42. The maximum Gasteiger partial charge on any atom is 0.246 e. The highest BCUT2D eigenvalue weighted by molar-refractivity contribution is 7.98. The number of aryl methyl sites for hydroxylation is 1. The van der Waals surface area contributed by atoms with Crippen LogP contribution in [0, 0.1) is 6.92 Å². The summed E-state index contributed by atoms with van der Waals surface area (Å²) in [5, 5.41) is 4.67. The summed E-state index contributed by atoms with van der Waals surface area (Å²) in [6.07, 6.45) is 1.50. The average Bonchev–Trinajstić information content (AvgIpc) is 2.95. The molecule has 94 valence electrons. The minimum absolute atomic E-state index is 0.101. The minimum Gasteiger partial charge on any atom is -0.273 e. The Morgan fingerprint density at radius 2 is 2.59 bits per heavy atom. The molecule has 1 aromatic rings. The third kappa shape index (κ3) is 3.97. The Labute approximate surface area is 109 Å². The van der Waals surface area contributed by atoms with Crippen LogP contribution in [0.1, 0.15) is 23.5 Å². The average molecular weight is 272 g/mol. The van der Waals surface area contributed by atoms with Crippen LogP contribution in [0.15, 0.2) is 5.38 Å². The van der Waals surface area contributed by atoms with Gasteiger partial charge in [0.2, 0.25) is 5.91 Å². The summed E-state index contributed by atoms with van der Waals surface area (Å²) in [5.74, 6) is 1.82. The molecule has 0 radical (unpaired) electrons. The zero-order valence-electron chi connectivity index (χ0n) is 9.85. The maximum atomic E-state index is 11.6. The van der Waals surface area contributed by atoms with Gasteiger partial charge in [-0.15, -0.1) is 11.3 Å². The molecule has 1 aliphatic rings. The van der Waals surface area contributed by atoms with Crippen LogP contribution in [0.25, 0.3) is 0 Å². The van der Waals surface area contributed by atoms with Crippen LogP contribution in [-0.2, 0) is 15.4 Å². The van der Waals surface area contributed by atoms with Gasteiger partial charge >= 0.3 is 0 Å². The molecule has 2 heterocycles. The van der Waals surface area contributed by atoms with Crippen molar-refractivity contribution in [2.24, 2.45) is 0 Å². The second kappa shape index (κ2) is 6.37. The zero-order chi connectivity index (χ0) is 12.1. The van der Waals surface area contributed by atoms with E-state index in [0.717, 1.165) is 35.2 Å². The van der Waals surface area contributed by atoms with E-state index in [1.807, 2.05) is 6.92 Å². The fourth-order valence-corrected chi connectivity index (χ4v) is 3.12. The first kappa shape index (κ1) is 12.9. The summed E-state index contributed by atoms with van der Waals surface area (Å²) in [4.78, 5) is 21.2. The number of carbonyl (C=O) groups is 1. The van der Waals surface area contributed by atoms with Gasteiger partial charge in [0.05, 0.1) is 23.9 Å². The quantitative estimate of drug-likeness (QED) is 0.771. The largest absolute Gasteiger partial charge is 0.273 e. The fraction of sp³-hybridized carbons (Fsp3) is 0.636. The van der Waals surface area contributed by atoms with Crippen molar-refractivity contribution in [3.63, 3.8) is 0 Å². The van der Waals surface area contributed by atoms with Crippen LogP contribution < -0.4 is 0 Å². The smallest absolute Gasteiger partial charge is 0.246 e. The van der Waals surface area contributed by atoms with Gasteiger partial charge in [-0.3, -0.25) is 9.63 Å². The third-order valence-electron chi connectivity index (χ3n) is 2.41. The summed E-state index contributed by atoms with van der Waals surface area (Å²) in [6.45, 7) is 3.43. The minimum atomic E-state index is 0.101. The highest BCUT2D eigenvalue weighted by atomic mass is 32.2. The number of thioether (sulfide) groups is 1. The van der Waals surface area contributed by atoms with Crippen molar-refractivity contribution in [3.05, 3.63) is 16.1 Å². The molecule has 17 heavy (non-hydrogen) atoms. The predicted octanol–water partition coefficient (Wildman–Crippen LogP) is 2.24. The van der Waals surface area contributed by atoms with Crippen molar-refractivity contribution < 1.29 is 9.63 Å². The van der Waals surface area contributed by atoms with Gasteiger partial charge in [-0.05, 0) is 13.3 Å². The van der Waals surface area contributed by atoms with Gasteiger partial charge in [0, 0.05) is 23.3 Å². The van der Waals surface area contributed by atoms with Gasteiger partial charge in [0.15, 0.2) is 0 Å². The predicted molar refractivity (Wildman–Crippen MR) is 69.9 cm³/mol. The highest BCUT2D eigenvalue weighted by Gasteiger charge is 2.18. The van der Waals surface area contributed by atoms with E-state index in [-0.39, 0.29) is 5.91 Å². The van der Waals surface area contributed by atoms with Crippen LogP contribution in [0.4, 0.5) is 0 Å². The van der Waals surface area contributed by atoms with Crippen LogP contribution in [-0.4, -0.2) is 34.9 Å². The molecular formula is C11H16N2O2S2. The van der Waals surface area contributed by atoms with E-state index in [1.54, 1.807) is 23.1 Å². The van der Waals surface area contributed by atoms with Crippen molar-refractivity contribution in [2.45, 2.75) is 25.5 Å². The molecule has 1 aromatic heterocycles. The van der Waals surface area contributed by atoms with Crippen LogP contribution in [0.3, 0.4) is 0 Å². The Morgan fingerprint density at radius 1 is 1.71 bits per heavy atom. The van der Waals surface area contributed by atoms with Crippen LogP contribution >= 0.6 is 23.1 Å². The van der Waals surface area contributed by atoms with E-state index in [2.05, 4.69) is 10.4 Å². The number of thiazole rings is 1. The normalized spacial score (nSPS) is 15.5. The topological polar surface area (TPSA) is 42.4 Å². The lowest BCUT2D eigenvalue weighted by molar-refractivity contribution is -0.168. The number of amides is 1. The van der Waals surface area contributed by atoms with Crippen molar-refractivity contribution in [1.29, 1.82) is 0 Å². The van der Waals surface area contributed by atoms with Gasteiger partial charge in [0.25, 0.3) is 0 Å². The van der Waals surface area contributed by atoms with Gasteiger partial charge in [-0.2, -0.15) is 11.8 Å². The van der Waals surface area contributed by atoms with Crippen LogP contribution in [0.5, 0.6) is 0 Å². The molecule has 1 fully saturated rings. The lowest BCUT2D eigenvalue weighted by Gasteiger charge is -2.12. The Bertz CT molecular complexity index is 375. The first-order valence-electron chi connectivity index (χ1n) is 5.68. The lowest BCUT2D eigenvalue weighted by Crippen LogP contribution is -2.26. The summed E-state index contributed by atoms with van der Waals surface area (Å²) in [7, 11) is 0. The summed E-state index contributed by atoms with van der Waals surface area (Å²) in [5.41, 5.74) is 1.11. The summed E-state index contributed by atoms with van der Waals surface area (Å²) < 4.78 is 0. The SMILES string of the molecule is Cc1nc(CSCCC(=O)N2CCCO2)cs1. The molecule has 0 atom stereocenters. The zero-order valence-corrected chi connectivity index (χ0v) is 11.5. The first-order chi connectivity index (χ1) is 8.25. The Hall–Kier alpha value is -0.590. The summed E-state index contributed by atoms with van der Waals surface area (Å²) in [6, 6.07) is 0. The van der Waals surface area contributed by atoms with Gasteiger partial charge in [-0.1, -0.05) is 0 Å². The highest BCUT2D eigenvalue weighted by Crippen LogP contribution is 2.16. The number of hydrogen-bond donors (Lipinski definition) is 0. The Kier molecular flexibility index (Phi) is 4.82. The standard InChI is InChI=1S/C11H16N2O2S2/c1-9-12-10(8-17-9)7-16-6-3-11(14)13-4-2-5-15-13/h8H,2-7H2,1H3. The monoisotopic (exact) mass is 272 g/mol. The molecule has 4 nitrogen and oxygen atoms in total. The number of hydrogen-bond acceptors (Lipinski definition) is 5. The van der Waals surface area contributed by atoms with Crippen molar-refractivity contribution >= 4 is 29.0 Å². The van der Waals surface area contributed by atoms with E-state index in [0.29, 0.717) is 13.0 Å².